The molecule has 2 heterocycles. The maximum atomic E-state index is 4.74. The average Bonchev–Trinajstić information content (AvgIpc) is 2.80. The van der Waals surface area contributed by atoms with Crippen molar-refractivity contribution in [3.63, 3.8) is 0 Å². The highest BCUT2D eigenvalue weighted by atomic mass is 15.1. The van der Waals surface area contributed by atoms with Crippen molar-refractivity contribution in [2.75, 3.05) is 0 Å². The normalized spacial score (nSPS) is 13.5. The Kier molecular flexibility index (Phi) is 4.43. The van der Waals surface area contributed by atoms with Crippen LogP contribution >= 0.6 is 0 Å². The van der Waals surface area contributed by atoms with E-state index in [1.165, 1.54) is 11.1 Å². The third-order valence-electron chi connectivity index (χ3n) is 5.33. The molecule has 0 fully saturated rings. The van der Waals surface area contributed by atoms with Crippen LogP contribution in [0, 0.1) is 11.3 Å². The van der Waals surface area contributed by atoms with Gasteiger partial charge < -0.3 is 4.57 Å². The van der Waals surface area contributed by atoms with Crippen molar-refractivity contribution in [3.05, 3.63) is 30.1 Å². The summed E-state index contributed by atoms with van der Waals surface area (Å²) in [6.07, 6.45) is 5.37. The molecule has 0 radical (unpaired) electrons. The minimum atomic E-state index is 0.0445. The summed E-state index contributed by atoms with van der Waals surface area (Å²) in [4.78, 5) is 4.74. The number of rotatable bonds is 5. The van der Waals surface area contributed by atoms with E-state index in [2.05, 4.69) is 84.5 Å². The second-order valence-electron chi connectivity index (χ2n) is 8.62. The van der Waals surface area contributed by atoms with E-state index in [4.69, 9.17) is 4.98 Å². The molecule has 0 spiro atoms. The summed E-state index contributed by atoms with van der Waals surface area (Å²) in [5.41, 5.74) is 2.99. The van der Waals surface area contributed by atoms with Gasteiger partial charge in [-0.05, 0) is 55.2 Å². The molecule has 22 heavy (non-hydrogen) atoms. The van der Waals surface area contributed by atoms with Gasteiger partial charge in [0.1, 0.15) is 5.82 Å². The van der Waals surface area contributed by atoms with Crippen molar-refractivity contribution in [2.24, 2.45) is 11.3 Å². The lowest BCUT2D eigenvalue weighted by Gasteiger charge is -2.40. The number of hydrogen-bond acceptors (Lipinski definition) is 1. The first-order chi connectivity index (χ1) is 10.1. The van der Waals surface area contributed by atoms with E-state index in [1.807, 2.05) is 0 Å². The molecule has 2 heteroatoms. The highest BCUT2D eigenvalue weighted by Gasteiger charge is 2.34. The number of pyridine rings is 1. The van der Waals surface area contributed by atoms with Crippen LogP contribution in [0.3, 0.4) is 0 Å². The van der Waals surface area contributed by atoms with Gasteiger partial charge in [-0.2, -0.15) is 0 Å². The first kappa shape index (κ1) is 17.1. The van der Waals surface area contributed by atoms with E-state index in [9.17, 15) is 0 Å². The van der Waals surface area contributed by atoms with Crippen LogP contribution in [0.15, 0.2) is 24.5 Å². The lowest BCUT2D eigenvalue weighted by Crippen LogP contribution is -2.35. The second kappa shape index (κ2) is 5.72. The molecule has 2 nitrogen and oxygen atoms in total. The topological polar surface area (TPSA) is 17.8 Å². The van der Waals surface area contributed by atoms with Gasteiger partial charge in [-0.3, -0.25) is 0 Å². The van der Waals surface area contributed by atoms with E-state index in [0.29, 0.717) is 17.3 Å². The molecule has 0 unspecified atom stereocenters. The molecule has 0 N–H and O–H groups in total. The highest BCUT2D eigenvalue weighted by molar-refractivity contribution is 5.63. The standard InChI is InChI=1S/C20H32N2/c1-14(2)17-12-21-18-16(17)10-9-11-22(18)20(7,8)13-19(5,6)15(3)4/h9-12,14-15H,13H2,1-8H3. The predicted molar refractivity (Wildman–Crippen MR) is 95.5 cm³/mol. The molecule has 2 aliphatic rings. The quantitative estimate of drug-likeness (QED) is 0.670. The smallest absolute Gasteiger partial charge is 0.140 e. The number of fused-ring (bicyclic) bond motifs is 1. The fraction of sp³-hybridized carbons (Fsp3) is 0.650. The molecule has 122 valence electrons. The first-order valence-electron chi connectivity index (χ1n) is 8.53. The summed E-state index contributed by atoms with van der Waals surface area (Å²) in [6.45, 7) is 18.5. The van der Waals surface area contributed by atoms with Crippen LogP contribution < -0.4 is 0 Å². The van der Waals surface area contributed by atoms with E-state index in [0.717, 1.165) is 12.2 Å². The van der Waals surface area contributed by atoms with Crippen LogP contribution in [0.2, 0.25) is 0 Å². The van der Waals surface area contributed by atoms with Crippen molar-refractivity contribution >= 4 is 0 Å². The molecule has 2 rings (SSSR count). The van der Waals surface area contributed by atoms with Crippen molar-refractivity contribution in [3.8, 4) is 11.4 Å². The van der Waals surface area contributed by atoms with E-state index in [-0.39, 0.29) is 5.54 Å². The summed E-state index contributed by atoms with van der Waals surface area (Å²) >= 11 is 0. The van der Waals surface area contributed by atoms with Crippen LogP contribution in [0.4, 0.5) is 0 Å². The van der Waals surface area contributed by atoms with Crippen LogP contribution in [0.25, 0.3) is 11.4 Å². The van der Waals surface area contributed by atoms with Gasteiger partial charge in [0.2, 0.25) is 0 Å². The van der Waals surface area contributed by atoms with Gasteiger partial charge in [0.25, 0.3) is 0 Å². The van der Waals surface area contributed by atoms with Gasteiger partial charge in [0.05, 0.1) is 0 Å². The van der Waals surface area contributed by atoms with Gasteiger partial charge in [0, 0.05) is 23.5 Å². The fourth-order valence-electron chi connectivity index (χ4n) is 3.41. The fourth-order valence-corrected chi connectivity index (χ4v) is 3.41. The van der Waals surface area contributed by atoms with Gasteiger partial charge in [-0.15, -0.1) is 0 Å². The summed E-state index contributed by atoms with van der Waals surface area (Å²) in [6, 6.07) is 4.37. The molecular weight excluding hydrogens is 268 g/mol. The second-order valence-corrected chi connectivity index (χ2v) is 8.62. The lowest BCUT2D eigenvalue weighted by atomic mass is 9.72. The maximum Gasteiger partial charge on any atom is 0.140 e. The Balaban J connectivity index is 2.43. The molecule has 0 aromatic carbocycles. The number of aromatic nitrogens is 2. The largest absolute Gasteiger partial charge is 0.327 e. The first-order valence-corrected chi connectivity index (χ1v) is 8.53. The summed E-state index contributed by atoms with van der Waals surface area (Å²) in [7, 11) is 0. The van der Waals surface area contributed by atoms with E-state index >= 15 is 0 Å². The molecule has 2 aliphatic heterocycles. The molecular formula is C20H32N2. The van der Waals surface area contributed by atoms with Crippen molar-refractivity contribution < 1.29 is 0 Å². The Morgan fingerprint density at radius 3 is 2.27 bits per heavy atom. The highest BCUT2D eigenvalue weighted by Crippen LogP contribution is 2.41. The zero-order valence-corrected chi connectivity index (χ0v) is 15.6. The van der Waals surface area contributed by atoms with Crippen LogP contribution in [0.1, 0.15) is 73.3 Å². The van der Waals surface area contributed by atoms with Crippen LogP contribution in [0.5, 0.6) is 0 Å². The minimum absolute atomic E-state index is 0.0445. The van der Waals surface area contributed by atoms with E-state index < -0.39 is 0 Å². The van der Waals surface area contributed by atoms with Gasteiger partial charge in [-0.25, -0.2) is 4.98 Å². The van der Waals surface area contributed by atoms with Crippen molar-refractivity contribution in [1.82, 2.24) is 9.55 Å². The van der Waals surface area contributed by atoms with Gasteiger partial charge in [0.15, 0.2) is 0 Å². The Labute approximate surface area is 136 Å². The molecule has 0 aromatic rings. The third-order valence-corrected chi connectivity index (χ3v) is 5.33. The Morgan fingerprint density at radius 2 is 1.73 bits per heavy atom. The zero-order valence-electron chi connectivity index (χ0n) is 15.6. The SMILES string of the molecule is CC(C)c1cnc2n(C(C)(C)CC(C)(C)C(C)C)cccc1-2. The molecule has 0 saturated heterocycles. The van der Waals surface area contributed by atoms with Gasteiger partial charge in [-0.1, -0.05) is 41.5 Å². The Morgan fingerprint density at radius 1 is 1.09 bits per heavy atom. The minimum Gasteiger partial charge on any atom is -0.327 e. The monoisotopic (exact) mass is 300 g/mol. The van der Waals surface area contributed by atoms with Crippen LogP contribution in [-0.2, 0) is 5.54 Å². The molecule has 0 saturated carbocycles. The predicted octanol–water partition coefficient (Wildman–Crippen LogP) is 5.92. The van der Waals surface area contributed by atoms with Crippen molar-refractivity contribution in [2.45, 2.75) is 73.3 Å². The molecule has 0 amide bonds. The third kappa shape index (κ3) is 3.06. The molecule has 0 aromatic heterocycles. The molecule has 0 bridgehead atoms. The maximum absolute atomic E-state index is 4.74. The summed E-state index contributed by atoms with van der Waals surface area (Å²) in [5, 5.41) is 0. The number of nitrogens with zero attached hydrogens (tertiary/aromatic N) is 2. The summed E-state index contributed by atoms with van der Waals surface area (Å²) < 4.78 is 2.37. The zero-order chi connectivity index (χ0) is 16.7. The van der Waals surface area contributed by atoms with Crippen molar-refractivity contribution in [1.29, 1.82) is 0 Å². The lowest BCUT2D eigenvalue weighted by molar-refractivity contribution is 0.143. The Hall–Kier alpha value is -1.31. The number of hydrogen-bond donors (Lipinski definition) is 0. The molecule has 0 atom stereocenters. The van der Waals surface area contributed by atoms with E-state index in [1.54, 1.807) is 0 Å². The molecule has 0 aliphatic carbocycles. The van der Waals surface area contributed by atoms with Crippen LogP contribution in [-0.4, -0.2) is 9.55 Å². The summed E-state index contributed by atoms with van der Waals surface area (Å²) in [5.74, 6) is 2.29. The van der Waals surface area contributed by atoms with Gasteiger partial charge >= 0.3 is 0 Å². The Bertz CT molecular complexity index is 602. The average molecular weight is 300 g/mol.